The van der Waals surface area contributed by atoms with E-state index in [0.717, 1.165) is 12.1 Å². The van der Waals surface area contributed by atoms with Gasteiger partial charge in [0.2, 0.25) is 5.91 Å². The van der Waals surface area contributed by atoms with Gasteiger partial charge in [-0.25, -0.2) is 0 Å². The summed E-state index contributed by atoms with van der Waals surface area (Å²) in [6, 6.07) is 6.29. The van der Waals surface area contributed by atoms with Crippen molar-refractivity contribution in [3.05, 3.63) is 34.4 Å². The molecule has 0 bridgehead atoms. The van der Waals surface area contributed by atoms with Gasteiger partial charge in [0.1, 0.15) is 0 Å². The predicted octanol–water partition coefficient (Wildman–Crippen LogP) is 2.06. The number of non-ortho nitro benzene ring substituents is 1. The molecule has 0 aromatic heterocycles. The highest BCUT2D eigenvalue weighted by Crippen LogP contribution is 2.15. The first-order chi connectivity index (χ1) is 9.99. The number of hydrogen-bond acceptors (Lipinski definition) is 5. The molecule has 1 atom stereocenters. The van der Waals surface area contributed by atoms with Crippen LogP contribution in [0.1, 0.15) is 26.2 Å². The van der Waals surface area contributed by atoms with E-state index in [9.17, 15) is 14.9 Å². The lowest BCUT2D eigenvalue weighted by Gasteiger charge is -2.08. The number of halogens is 1. The number of benzene rings is 1. The number of nitro groups is 1. The number of nitrogens with two attached hydrogens (primary N) is 1. The van der Waals surface area contributed by atoms with Crippen molar-refractivity contribution in [1.29, 1.82) is 0 Å². The van der Waals surface area contributed by atoms with Crippen molar-refractivity contribution in [3.63, 3.8) is 0 Å². The number of anilines is 1. The van der Waals surface area contributed by atoms with Crippen LogP contribution in [-0.4, -0.2) is 30.0 Å². The molecule has 1 rings (SSSR count). The van der Waals surface area contributed by atoms with Crippen LogP contribution >= 0.6 is 12.4 Å². The lowest BCUT2D eigenvalue weighted by Crippen LogP contribution is -2.29. The van der Waals surface area contributed by atoms with Crippen LogP contribution in [0.25, 0.3) is 0 Å². The normalized spacial score (nSPS) is 11.2. The standard InChI is InChI=1S/C14H22N4O3.ClH/c1-11(15)8-10-17-14(19)3-2-9-16-12-4-6-13(7-5-12)18(20)21;/h4-7,11,16H,2-3,8-10,15H2,1H3,(H,17,19);1H. The number of nitrogens with zero attached hydrogens (tertiary/aromatic N) is 1. The molecule has 22 heavy (non-hydrogen) atoms. The van der Waals surface area contributed by atoms with Crippen LogP contribution in [-0.2, 0) is 4.79 Å². The highest BCUT2D eigenvalue weighted by molar-refractivity contribution is 5.85. The Labute approximate surface area is 136 Å². The Morgan fingerprint density at radius 2 is 1.95 bits per heavy atom. The molecule has 0 saturated carbocycles. The summed E-state index contributed by atoms with van der Waals surface area (Å²) < 4.78 is 0. The van der Waals surface area contributed by atoms with E-state index in [1.165, 1.54) is 12.1 Å². The van der Waals surface area contributed by atoms with Gasteiger partial charge in [0, 0.05) is 43.4 Å². The molecular weight excluding hydrogens is 308 g/mol. The van der Waals surface area contributed by atoms with Crippen molar-refractivity contribution < 1.29 is 9.72 Å². The van der Waals surface area contributed by atoms with Gasteiger partial charge in [0.15, 0.2) is 0 Å². The zero-order valence-corrected chi connectivity index (χ0v) is 13.4. The fraction of sp³-hybridized carbons (Fsp3) is 0.500. The molecule has 1 unspecified atom stereocenters. The lowest BCUT2D eigenvalue weighted by molar-refractivity contribution is -0.384. The molecular formula is C14H23ClN4O3. The molecule has 7 nitrogen and oxygen atoms in total. The highest BCUT2D eigenvalue weighted by atomic mass is 35.5. The number of nitro benzene ring substituents is 1. The maximum atomic E-state index is 11.5. The van der Waals surface area contributed by atoms with Crippen LogP contribution in [0.5, 0.6) is 0 Å². The maximum absolute atomic E-state index is 11.5. The second-order valence-corrected chi connectivity index (χ2v) is 4.95. The van der Waals surface area contributed by atoms with Gasteiger partial charge in [-0.15, -0.1) is 12.4 Å². The third-order valence-corrected chi connectivity index (χ3v) is 2.91. The lowest BCUT2D eigenvalue weighted by atomic mass is 10.2. The summed E-state index contributed by atoms with van der Waals surface area (Å²) in [5, 5.41) is 16.4. The Hall–Kier alpha value is -1.86. The van der Waals surface area contributed by atoms with Gasteiger partial charge in [-0.05, 0) is 31.9 Å². The summed E-state index contributed by atoms with van der Waals surface area (Å²) in [5.74, 6) is 0.0150. The molecule has 0 radical (unpaired) electrons. The minimum Gasteiger partial charge on any atom is -0.385 e. The summed E-state index contributed by atoms with van der Waals surface area (Å²) in [7, 11) is 0. The topological polar surface area (TPSA) is 110 Å². The second-order valence-electron chi connectivity index (χ2n) is 4.95. The molecule has 1 aromatic carbocycles. The van der Waals surface area contributed by atoms with E-state index < -0.39 is 4.92 Å². The van der Waals surface area contributed by atoms with E-state index in [1.54, 1.807) is 12.1 Å². The number of carbonyl (C=O) groups is 1. The van der Waals surface area contributed by atoms with Crippen LogP contribution in [0.2, 0.25) is 0 Å². The predicted molar refractivity (Wildman–Crippen MR) is 89.3 cm³/mol. The molecule has 0 spiro atoms. The van der Waals surface area contributed by atoms with Crippen molar-refractivity contribution in [3.8, 4) is 0 Å². The fourth-order valence-electron chi connectivity index (χ4n) is 1.71. The largest absolute Gasteiger partial charge is 0.385 e. The molecule has 0 aliphatic carbocycles. The maximum Gasteiger partial charge on any atom is 0.269 e. The van der Waals surface area contributed by atoms with E-state index in [-0.39, 0.29) is 30.0 Å². The molecule has 0 aliphatic rings. The molecule has 0 fully saturated rings. The van der Waals surface area contributed by atoms with E-state index in [4.69, 9.17) is 5.73 Å². The summed E-state index contributed by atoms with van der Waals surface area (Å²) in [4.78, 5) is 21.6. The number of nitrogens with one attached hydrogen (secondary N) is 2. The van der Waals surface area contributed by atoms with E-state index in [1.807, 2.05) is 6.92 Å². The highest BCUT2D eigenvalue weighted by Gasteiger charge is 2.04. The Kier molecular flexibility index (Phi) is 9.89. The molecule has 8 heteroatoms. The summed E-state index contributed by atoms with van der Waals surface area (Å²) in [6.45, 7) is 3.14. The monoisotopic (exact) mass is 330 g/mol. The summed E-state index contributed by atoms with van der Waals surface area (Å²) in [6.07, 6.45) is 1.91. The third-order valence-electron chi connectivity index (χ3n) is 2.91. The minimum absolute atomic E-state index is 0. The first-order valence-corrected chi connectivity index (χ1v) is 6.99. The first kappa shape index (κ1) is 20.1. The summed E-state index contributed by atoms with van der Waals surface area (Å²) >= 11 is 0. The minimum atomic E-state index is -0.434. The van der Waals surface area contributed by atoms with Gasteiger partial charge in [-0.1, -0.05) is 0 Å². The first-order valence-electron chi connectivity index (χ1n) is 6.99. The van der Waals surface area contributed by atoms with Crippen LogP contribution in [0.15, 0.2) is 24.3 Å². The van der Waals surface area contributed by atoms with Crippen molar-refractivity contribution in [2.24, 2.45) is 5.73 Å². The van der Waals surface area contributed by atoms with Crippen LogP contribution in [0.3, 0.4) is 0 Å². The zero-order valence-electron chi connectivity index (χ0n) is 12.6. The average Bonchev–Trinajstić information content (AvgIpc) is 2.43. The zero-order chi connectivity index (χ0) is 15.7. The molecule has 4 N–H and O–H groups in total. The Morgan fingerprint density at radius 3 is 2.50 bits per heavy atom. The van der Waals surface area contributed by atoms with Gasteiger partial charge in [0.05, 0.1) is 4.92 Å². The molecule has 0 heterocycles. The fourth-order valence-corrected chi connectivity index (χ4v) is 1.71. The van der Waals surface area contributed by atoms with Gasteiger partial charge in [0.25, 0.3) is 5.69 Å². The molecule has 0 aliphatic heterocycles. The SMILES string of the molecule is CC(N)CCNC(=O)CCCNc1ccc([N+](=O)[O-])cc1.Cl. The number of amides is 1. The van der Waals surface area contributed by atoms with Crippen molar-refractivity contribution in [2.75, 3.05) is 18.4 Å². The Balaban J connectivity index is 0.00000441. The van der Waals surface area contributed by atoms with Crippen molar-refractivity contribution in [1.82, 2.24) is 5.32 Å². The van der Waals surface area contributed by atoms with E-state index in [2.05, 4.69) is 10.6 Å². The Morgan fingerprint density at radius 1 is 1.32 bits per heavy atom. The average molecular weight is 331 g/mol. The summed E-state index contributed by atoms with van der Waals surface area (Å²) in [5.41, 5.74) is 6.46. The molecule has 0 saturated heterocycles. The third kappa shape index (κ3) is 8.43. The second kappa shape index (κ2) is 10.8. The number of hydrogen-bond donors (Lipinski definition) is 3. The smallest absolute Gasteiger partial charge is 0.269 e. The quantitative estimate of drug-likeness (QED) is 0.364. The Bertz CT molecular complexity index is 466. The number of rotatable bonds is 9. The van der Waals surface area contributed by atoms with Crippen LogP contribution < -0.4 is 16.4 Å². The molecule has 1 amide bonds. The van der Waals surface area contributed by atoms with Crippen molar-refractivity contribution >= 4 is 29.7 Å². The van der Waals surface area contributed by atoms with Gasteiger partial charge in [-0.3, -0.25) is 14.9 Å². The van der Waals surface area contributed by atoms with E-state index in [0.29, 0.717) is 25.9 Å². The van der Waals surface area contributed by atoms with Crippen LogP contribution in [0.4, 0.5) is 11.4 Å². The molecule has 124 valence electrons. The van der Waals surface area contributed by atoms with Gasteiger partial charge in [-0.2, -0.15) is 0 Å². The van der Waals surface area contributed by atoms with E-state index >= 15 is 0 Å². The van der Waals surface area contributed by atoms with Crippen molar-refractivity contribution in [2.45, 2.75) is 32.2 Å². The van der Waals surface area contributed by atoms with Gasteiger partial charge >= 0.3 is 0 Å². The van der Waals surface area contributed by atoms with Gasteiger partial charge < -0.3 is 16.4 Å². The number of carbonyl (C=O) groups excluding carboxylic acids is 1. The molecule has 1 aromatic rings. The van der Waals surface area contributed by atoms with Crippen LogP contribution in [0, 0.1) is 10.1 Å².